The van der Waals surface area contributed by atoms with Crippen LogP contribution in [0.5, 0.6) is 5.75 Å². The molecule has 0 unspecified atom stereocenters. The number of anilines is 2. The number of nitrogens with one attached hydrogen (secondary N) is 2. The van der Waals surface area contributed by atoms with E-state index in [2.05, 4.69) is 26.6 Å². The predicted octanol–water partition coefficient (Wildman–Crippen LogP) is 2.87. The highest BCUT2D eigenvalue weighted by molar-refractivity contribution is 9.10. The van der Waals surface area contributed by atoms with Crippen molar-refractivity contribution in [1.82, 2.24) is 5.32 Å². The molecular weight excluding hydrogens is 438 g/mol. The number of rotatable bonds is 6. The number of nitrogens with zero attached hydrogens (tertiary/aromatic N) is 1. The SMILES string of the molecule is CNC(=O)[C@@H]1CC(=O)N(c2ccc(OCC(=O)Nc3ccc(Br)c(C)c3)cc2)C1. The Morgan fingerprint density at radius 2 is 1.93 bits per heavy atom. The molecule has 2 aromatic rings. The molecule has 1 aliphatic heterocycles. The van der Waals surface area contributed by atoms with Crippen LogP contribution in [0.15, 0.2) is 46.9 Å². The number of ether oxygens (including phenoxy) is 1. The van der Waals surface area contributed by atoms with Gasteiger partial charge in [0.2, 0.25) is 11.8 Å². The lowest BCUT2D eigenvalue weighted by Crippen LogP contribution is -2.30. The van der Waals surface area contributed by atoms with Gasteiger partial charge in [0.15, 0.2) is 6.61 Å². The summed E-state index contributed by atoms with van der Waals surface area (Å²) in [7, 11) is 1.57. The van der Waals surface area contributed by atoms with Crippen molar-refractivity contribution in [3.63, 3.8) is 0 Å². The maximum Gasteiger partial charge on any atom is 0.262 e. The van der Waals surface area contributed by atoms with E-state index in [1.807, 2.05) is 25.1 Å². The molecule has 3 amide bonds. The van der Waals surface area contributed by atoms with E-state index in [9.17, 15) is 14.4 Å². The first kappa shape index (κ1) is 20.9. The molecule has 8 heteroatoms. The number of carbonyl (C=O) groups excluding carboxylic acids is 3. The van der Waals surface area contributed by atoms with Gasteiger partial charge in [-0.2, -0.15) is 0 Å². The average Bonchev–Trinajstić information content (AvgIpc) is 3.10. The molecular formula is C21H22BrN3O4. The van der Waals surface area contributed by atoms with E-state index in [0.717, 1.165) is 10.0 Å². The summed E-state index contributed by atoms with van der Waals surface area (Å²) >= 11 is 3.42. The van der Waals surface area contributed by atoms with Gasteiger partial charge in [-0.1, -0.05) is 15.9 Å². The van der Waals surface area contributed by atoms with Crippen LogP contribution < -0.4 is 20.3 Å². The molecule has 0 radical (unpaired) electrons. The molecule has 1 aliphatic rings. The highest BCUT2D eigenvalue weighted by Crippen LogP contribution is 2.27. The fourth-order valence-electron chi connectivity index (χ4n) is 3.13. The van der Waals surface area contributed by atoms with Crippen LogP contribution in [0.1, 0.15) is 12.0 Å². The van der Waals surface area contributed by atoms with Crippen molar-refractivity contribution in [3.8, 4) is 5.75 Å². The fraction of sp³-hybridized carbons (Fsp3) is 0.286. The Morgan fingerprint density at radius 1 is 1.21 bits per heavy atom. The third kappa shape index (κ3) is 5.14. The second-order valence-electron chi connectivity index (χ2n) is 6.81. The Hall–Kier alpha value is -2.87. The van der Waals surface area contributed by atoms with E-state index >= 15 is 0 Å². The summed E-state index contributed by atoms with van der Waals surface area (Å²) in [4.78, 5) is 37.6. The van der Waals surface area contributed by atoms with Crippen LogP contribution in [-0.2, 0) is 14.4 Å². The van der Waals surface area contributed by atoms with Crippen LogP contribution in [0.4, 0.5) is 11.4 Å². The van der Waals surface area contributed by atoms with Gasteiger partial charge in [-0.3, -0.25) is 14.4 Å². The number of aryl methyl sites for hydroxylation is 1. The van der Waals surface area contributed by atoms with Crippen LogP contribution in [-0.4, -0.2) is 37.9 Å². The zero-order valence-electron chi connectivity index (χ0n) is 16.2. The lowest BCUT2D eigenvalue weighted by Gasteiger charge is -2.17. The summed E-state index contributed by atoms with van der Waals surface area (Å²) in [6, 6.07) is 12.4. The number of halogens is 1. The van der Waals surface area contributed by atoms with Crippen molar-refractivity contribution in [3.05, 3.63) is 52.5 Å². The van der Waals surface area contributed by atoms with Gasteiger partial charge < -0.3 is 20.3 Å². The molecule has 0 spiro atoms. The third-order valence-corrected chi connectivity index (χ3v) is 5.59. The summed E-state index contributed by atoms with van der Waals surface area (Å²) in [6.07, 6.45) is 0.202. The van der Waals surface area contributed by atoms with Gasteiger partial charge in [0, 0.05) is 35.9 Å². The molecule has 3 rings (SSSR count). The molecule has 0 bridgehead atoms. The third-order valence-electron chi connectivity index (χ3n) is 4.70. The normalized spacial score (nSPS) is 15.9. The van der Waals surface area contributed by atoms with Crippen molar-refractivity contribution in [2.75, 3.05) is 30.4 Å². The highest BCUT2D eigenvalue weighted by atomic mass is 79.9. The maximum atomic E-state index is 12.2. The molecule has 1 fully saturated rings. The minimum Gasteiger partial charge on any atom is -0.484 e. The number of amides is 3. The van der Waals surface area contributed by atoms with Crippen LogP contribution >= 0.6 is 15.9 Å². The van der Waals surface area contributed by atoms with E-state index in [0.29, 0.717) is 23.7 Å². The van der Waals surface area contributed by atoms with Crippen molar-refractivity contribution in [1.29, 1.82) is 0 Å². The van der Waals surface area contributed by atoms with Crippen molar-refractivity contribution in [2.24, 2.45) is 5.92 Å². The van der Waals surface area contributed by atoms with Gasteiger partial charge in [0.05, 0.1) is 5.92 Å². The lowest BCUT2D eigenvalue weighted by atomic mass is 10.1. The standard InChI is InChI=1S/C21H22BrN3O4/c1-13-9-15(3-8-18(13)22)24-19(26)12-29-17-6-4-16(5-7-17)25-11-14(10-20(25)27)21(28)23-2/h3-9,14H,10-12H2,1-2H3,(H,23,28)(H,24,26)/t14-/m1/s1. The molecule has 1 atom stereocenters. The minimum absolute atomic E-state index is 0.0866. The number of hydrogen-bond donors (Lipinski definition) is 2. The number of benzene rings is 2. The Kier molecular flexibility index (Phi) is 6.53. The van der Waals surface area contributed by atoms with E-state index in [1.165, 1.54) is 0 Å². The molecule has 0 aromatic heterocycles. The van der Waals surface area contributed by atoms with Crippen LogP contribution in [0.25, 0.3) is 0 Å². The average molecular weight is 460 g/mol. The van der Waals surface area contributed by atoms with Gasteiger partial charge in [-0.25, -0.2) is 0 Å². The Morgan fingerprint density at radius 3 is 2.59 bits per heavy atom. The van der Waals surface area contributed by atoms with E-state index in [-0.39, 0.29) is 36.7 Å². The number of carbonyl (C=O) groups is 3. The molecule has 2 N–H and O–H groups in total. The maximum absolute atomic E-state index is 12.2. The predicted molar refractivity (Wildman–Crippen MR) is 114 cm³/mol. The topological polar surface area (TPSA) is 87.7 Å². The molecule has 0 saturated carbocycles. The largest absolute Gasteiger partial charge is 0.484 e. The molecule has 152 valence electrons. The first-order valence-electron chi connectivity index (χ1n) is 9.18. The van der Waals surface area contributed by atoms with Gasteiger partial charge in [-0.05, 0) is 55.0 Å². The zero-order valence-corrected chi connectivity index (χ0v) is 17.8. The summed E-state index contributed by atoms with van der Waals surface area (Å²) in [5, 5.41) is 5.37. The Bertz CT molecular complexity index is 930. The molecule has 1 heterocycles. The molecule has 29 heavy (non-hydrogen) atoms. The van der Waals surface area contributed by atoms with Crippen molar-refractivity contribution < 1.29 is 19.1 Å². The molecule has 1 saturated heterocycles. The van der Waals surface area contributed by atoms with Crippen molar-refractivity contribution in [2.45, 2.75) is 13.3 Å². The second kappa shape index (κ2) is 9.09. The molecule has 7 nitrogen and oxygen atoms in total. The minimum atomic E-state index is -0.339. The first-order valence-corrected chi connectivity index (χ1v) is 9.97. The van der Waals surface area contributed by atoms with Crippen LogP contribution in [0, 0.1) is 12.8 Å². The first-order chi connectivity index (χ1) is 13.9. The Balaban J connectivity index is 1.54. The molecule has 0 aliphatic carbocycles. The monoisotopic (exact) mass is 459 g/mol. The summed E-state index contributed by atoms with van der Waals surface area (Å²) in [5.41, 5.74) is 2.42. The fourth-order valence-corrected chi connectivity index (χ4v) is 3.37. The summed E-state index contributed by atoms with van der Waals surface area (Å²) < 4.78 is 6.50. The van der Waals surface area contributed by atoms with Gasteiger partial charge in [0.1, 0.15) is 5.75 Å². The second-order valence-corrected chi connectivity index (χ2v) is 7.67. The van der Waals surface area contributed by atoms with Crippen LogP contribution in [0.3, 0.4) is 0 Å². The summed E-state index contributed by atoms with van der Waals surface area (Å²) in [5.74, 6) is -0.303. The lowest BCUT2D eigenvalue weighted by molar-refractivity contribution is -0.125. The van der Waals surface area contributed by atoms with E-state index in [1.54, 1.807) is 36.2 Å². The molecule has 2 aromatic carbocycles. The zero-order chi connectivity index (χ0) is 21.0. The van der Waals surface area contributed by atoms with Gasteiger partial charge in [-0.15, -0.1) is 0 Å². The van der Waals surface area contributed by atoms with Crippen molar-refractivity contribution >= 4 is 45.0 Å². The Labute approximate surface area is 177 Å². The van der Waals surface area contributed by atoms with E-state index < -0.39 is 0 Å². The van der Waals surface area contributed by atoms with Gasteiger partial charge in [0.25, 0.3) is 5.91 Å². The smallest absolute Gasteiger partial charge is 0.262 e. The van der Waals surface area contributed by atoms with E-state index in [4.69, 9.17) is 4.74 Å². The summed E-state index contributed by atoms with van der Waals surface area (Å²) in [6.45, 7) is 2.17. The highest BCUT2D eigenvalue weighted by Gasteiger charge is 2.34. The van der Waals surface area contributed by atoms with Gasteiger partial charge >= 0.3 is 0 Å². The van der Waals surface area contributed by atoms with Crippen LogP contribution in [0.2, 0.25) is 0 Å². The number of hydrogen-bond acceptors (Lipinski definition) is 4. The quantitative estimate of drug-likeness (QED) is 0.694.